The molecule has 2 N–H and O–H groups in total. The second kappa shape index (κ2) is 2.74. The van der Waals surface area contributed by atoms with Gasteiger partial charge in [-0.15, -0.1) is 0 Å². The van der Waals surface area contributed by atoms with E-state index in [1.807, 2.05) is 18.2 Å². The minimum atomic E-state index is 0.978. The number of aromatic amines is 1. The van der Waals surface area contributed by atoms with Crippen molar-refractivity contribution in [1.29, 1.82) is 0 Å². The summed E-state index contributed by atoms with van der Waals surface area (Å²) in [6.07, 6.45) is 1.66. The second-order valence-electron chi connectivity index (χ2n) is 2.62. The topological polar surface area (TPSA) is 27.8 Å². The molecular formula is C10H10N2. The minimum Gasteiger partial charge on any atom is -0.349 e. The molecule has 12 heavy (non-hydrogen) atoms. The zero-order chi connectivity index (χ0) is 8.39. The maximum atomic E-state index is 3.60. The lowest BCUT2D eigenvalue weighted by Gasteiger charge is -1.90. The molecular weight excluding hydrogens is 148 g/mol. The van der Waals surface area contributed by atoms with Crippen LogP contribution in [0.1, 0.15) is 0 Å². The van der Waals surface area contributed by atoms with E-state index in [0.717, 1.165) is 11.3 Å². The van der Waals surface area contributed by atoms with Crippen molar-refractivity contribution in [1.82, 2.24) is 4.98 Å². The molecule has 2 aromatic rings. The van der Waals surface area contributed by atoms with Gasteiger partial charge in [0, 0.05) is 10.9 Å². The summed E-state index contributed by atoms with van der Waals surface area (Å²) in [5, 5.41) is 4.22. The van der Waals surface area contributed by atoms with E-state index < -0.39 is 0 Å². The SMILES string of the molecule is C=CNc1cc2ccccc2[nH]1. The summed E-state index contributed by atoms with van der Waals surface area (Å²) in [7, 11) is 0. The second-order valence-corrected chi connectivity index (χ2v) is 2.62. The lowest BCUT2D eigenvalue weighted by Crippen LogP contribution is -1.83. The van der Waals surface area contributed by atoms with E-state index in [0.29, 0.717) is 0 Å². The molecule has 1 aromatic carbocycles. The van der Waals surface area contributed by atoms with Crippen molar-refractivity contribution in [2.75, 3.05) is 5.32 Å². The van der Waals surface area contributed by atoms with Crippen molar-refractivity contribution in [2.24, 2.45) is 0 Å². The summed E-state index contributed by atoms with van der Waals surface area (Å²) in [6.45, 7) is 3.60. The summed E-state index contributed by atoms with van der Waals surface area (Å²) in [6, 6.07) is 10.2. The molecule has 0 saturated carbocycles. The molecule has 0 saturated heterocycles. The van der Waals surface area contributed by atoms with Gasteiger partial charge in [-0.1, -0.05) is 24.8 Å². The Kier molecular flexibility index (Phi) is 1.59. The molecule has 0 amide bonds. The molecule has 0 fully saturated rings. The van der Waals surface area contributed by atoms with Crippen LogP contribution in [0, 0.1) is 0 Å². The number of aromatic nitrogens is 1. The highest BCUT2D eigenvalue weighted by molar-refractivity contribution is 5.83. The molecule has 0 aliphatic heterocycles. The van der Waals surface area contributed by atoms with Crippen molar-refractivity contribution >= 4 is 16.7 Å². The number of benzene rings is 1. The largest absolute Gasteiger partial charge is 0.349 e. The lowest BCUT2D eigenvalue weighted by molar-refractivity contribution is 1.43. The van der Waals surface area contributed by atoms with Gasteiger partial charge in [0.1, 0.15) is 5.82 Å². The lowest BCUT2D eigenvalue weighted by atomic mass is 10.2. The molecule has 2 nitrogen and oxygen atoms in total. The predicted octanol–water partition coefficient (Wildman–Crippen LogP) is 2.72. The number of H-pyrrole nitrogens is 1. The van der Waals surface area contributed by atoms with Gasteiger partial charge in [-0.05, 0) is 18.3 Å². The van der Waals surface area contributed by atoms with Gasteiger partial charge in [-0.2, -0.15) is 0 Å². The number of nitrogens with one attached hydrogen (secondary N) is 2. The normalized spacial score (nSPS) is 10.0. The Morgan fingerprint density at radius 3 is 2.92 bits per heavy atom. The van der Waals surface area contributed by atoms with Gasteiger partial charge in [-0.25, -0.2) is 0 Å². The Morgan fingerprint density at radius 1 is 1.33 bits per heavy atom. The molecule has 0 atom stereocenters. The first kappa shape index (κ1) is 6.98. The smallest absolute Gasteiger partial charge is 0.108 e. The van der Waals surface area contributed by atoms with E-state index in [1.54, 1.807) is 6.20 Å². The number of hydrogen-bond donors (Lipinski definition) is 2. The summed E-state index contributed by atoms with van der Waals surface area (Å²) >= 11 is 0. The van der Waals surface area contributed by atoms with Gasteiger partial charge in [0.05, 0.1) is 0 Å². The number of fused-ring (bicyclic) bond motifs is 1. The Balaban J connectivity index is 2.54. The van der Waals surface area contributed by atoms with Crippen LogP contribution in [0.5, 0.6) is 0 Å². The molecule has 60 valence electrons. The standard InChI is InChI=1S/C10H10N2/c1-2-11-10-7-8-5-3-4-6-9(8)12-10/h2-7,11-12H,1H2. The van der Waals surface area contributed by atoms with Crippen molar-refractivity contribution in [2.45, 2.75) is 0 Å². The molecule has 0 bridgehead atoms. The van der Waals surface area contributed by atoms with Gasteiger partial charge < -0.3 is 10.3 Å². The third kappa shape index (κ3) is 1.07. The quantitative estimate of drug-likeness (QED) is 0.691. The van der Waals surface area contributed by atoms with Crippen LogP contribution in [0.25, 0.3) is 10.9 Å². The Hall–Kier alpha value is -1.70. The first-order chi connectivity index (χ1) is 5.90. The van der Waals surface area contributed by atoms with Crippen molar-refractivity contribution in [3.8, 4) is 0 Å². The van der Waals surface area contributed by atoms with Crippen LogP contribution in [0.3, 0.4) is 0 Å². The molecule has 1 aromatic heterocycles. The minimum absolute atomic E-state index is 0.978. The summed E-state index contributed by atoms with van der Waals surface area (Å²) in [4.78, 5) is 3.21. The summed E-state index contributed by atoms with van der Waals surface area (Å²) < 4.78 is 0. The van der Waals surface area contributed by atoms with Crippen molar-refractivity contribution < 1.29 is 0 Å². The third-order valence-corrected chi connectivity index (χ3v) is 1.79. The maximum absolute atomic E-state index is 3.60. The first-order valence-corrected chi connectivity index (χ1v) is 3.85. The summed E-state index contributed by atoms with van der Waals surface area (Å²) in [5.74, 6) is 0.978. The van der Waals surface area contributed by atoms with Gasteiger partial charge >= 0.3 is 0 Å². The van der Waals surface area contributed by atoms with Crippen LogP contribution in [-0.4, -0.2) is 4.98 Å². The Morgan fingerprint density at radius 2 is 2.17 bits per heavy atom. The zero-order valence-electron chi connectivity index (χ0n) is 6.67. The van der Waals surface area contributed by atoms with Crippen LogP contribution in [0.15, 0.2) is 43.1 Å². The predicted molar refractivity (Wildman–Crippen MR) is 52.1 cm³/mol. The average Bonchev–Trinajstić information content (AvgIpc) is 2.47. The fourth-order valence-corrected chi connectivity index (χ4v) is 1.26. The third-order valence-electron chi connectivity index (χ3n) is 1.79. The van der Waals surface area contributed by atoms with E-state index in [9.17, 15) is 0 Å². The fraction of sp³-hybridized carbons (Fsp3) is 0. The Labute approximate surface area is 70.9 Å². The number of para-hydroxylation sites is 1. The van der Waals surface area contributed by atoms with Crippen LogP contribution >= 0.6 is 0 Å². The van der Waals surface area contributed by atoms with E-state index in [4.69, 9.17) is 0 Å². The highest BCUT2D eigenvalue weighted by Crippen LogP contribution is 2.17. The van der Waals surface area contributed by atoms with Crippen LogP contribution in [0.2, 0.25) is 0 Å². The monoisotopic (exact) mass is 158 g/mol. The van der Waals surface area contributed by atoms with Crippen molar-refractivity contribution in [3.63, 3.8) is 0 Å². The number of anilines is 1. The molecule has 0 aliphatic rings. The average molecular weight is 158 g/mol. The van der Waals surface area contributed by atoms with E-state index in [1.165, 1.54) is 5.39 Å². The highest BCUT2D eigenvalue weighted by Gasteiger charge is 1.95. The van der Waals surface area contributed by atoms with Gasteiger partial charge in [0.2, 0.25) is 0 Å². The molecule has 2 rings (SSSR count). The van der Waals surface area contributed by atoms with Crippen LogP contribution in [-0.2, 0) is 0 Å². The molecule has 0 unspecified atom stereocenters. The molecule has 0 radical (unpaired) electrons. The molecule has 2 heteroatoms. The molecule has 0 aliphatic carbocycles. The zero-order valence-corrected chi connectivity index (χ0v) is 6.67. The first-order valence-electron chi connectivity index (χ1n) is 3.85. The van der Waals surface area contributed by atoms with Gasteiger partial charge in [0.25, 0.3) is 0 Å². The highest BCUT2D eigenvalue weighted by atomic mass is 15.0. The molecule has 0 spiro atoms. The fourth-order valence-electron chi connectivity index (χ4n) is 1.26. The summed E-state index contributed by atoms with van der Waals surface area (Å²) in [5.41, 5.74) is 1.14. The van der Waals surface area contributed by atoms with Gasteiger partial charge in [0.15, 0.2) is 0 Å². The van der Waals surface area contributed by atoms with Gasteiger partial charge in [-0.3, -0.25) is 0 Å². The number of hydrogen-bond acceptors (Lipinski definition) is 1. The Bertz CT molecular complexity index is 368. The van der Waals surface area contributed by atoms with Crippen LogP contribution < -0.4 is 5.32 Å². The van der Waals surface area contributed by atoms with Crippen LogP contribution in [0.4, 0.5) is 5.82 Å². The molecule has 1 heterocycles. The van der Waals surface area contributed by atoms with E-state index >= 15 is 0 Å². The van der Waals surface area contributed by atoms with E-state index in [2.05, 4.69) is 29.0 Å². The number of rotatable bonds is 2. The maximum Gasteiger partial charge on any atom is 0.108 e. The van der Waals surface area contributed by atoms with Crippen molar-refractivity contribution in [3.05, 3.63) is 43.1 Å². The van der Waals surface area contributed by atoms with E-state index in [-0.39, 0.29) is 0 Å².